The average Bonchev–Trinajstić information content (AvgIpc) is 2.61. The third-order valence-electron chi connectivity index (χ3n) is 2.03. The number of carbonyl (C=O) groups excluding carboxylic acids is 1. The molecule has 82 valence electrons. The van der Waals surface area contributed by atoms with E-state index in [1.165, 1.54) is 7.11 Å². The SMILES string of the molecule is C=C(C)c1nc(CCC)[nH]c1C(=O)OC. The fourth-order valence-corrected chi connectivity index (χ4v) is 1.34. The minimum Gasteiger partial charge on any atom is -0.464 e. The Labute approximate surface area is 89.4 Å². The number of aromatic nitrogens is 2. The maximum absolute atomic E-state index is 11.4. The molecule has 15 heavy (non-hydrogen) atoms. The van der Waals surface area contributed by atoms with Crippen LogP contribution in [0, 0.1) is 0 Å². The third-order valence-corrected chi connectivity index (χ3v) is 2.03. The van der Waals surface area contributed by atoms with E-state index in [2.05, 4.69) is 28.2 Å². The molecule has 0 bridgehead atoms. The minimum absolute atomic E-state index is 0.397. The molecule has 0 fully saturated rings. The maximum atomic E-state index is 11.4. The van der Waals surface area contributed by atoms with Crippen LogP contribution in [0.15, 0.2) is 6.58 Å². The van der Waals surface area contributed by atoms with Gasteiger partial charge < -0.3 is 9.72 Å². The van der Waals surface area contributed by atoms with Crippen molar-refractivity contribution in [3.8, 4) is 0 Å². The van der Waals surface area contributed by atoms with Gasteiger partial charge in [-0.2, -0.15) is 0 Å². The van der Waals surface area contributed by atoms with Gasteiger partial charge in [0.25, 0.3) is 0 Å². The number of rotatable bonds is 4. The van der Waals surface area contributed by atoms with Crippen molar-refractivity contribution in [1.82, 2.24) is 9.97 Å². The molecule has 1 N–H and O–H groups in total. The zero-order chi connectivity index (χ0) is 11.4. The van der Waals surface area contributed by atoms with Gasteiger partial charge in [-0.05, 0) is 18.9 Å². The predicted molar refractivity (Wildman–Crippen MR) is 58.6 cm³/mol. The Morgan fingerprint density at radius 3 is 2.73 bits per heavy atom. The summed E-state index contributed by atoms with van der Waals surface area (Å²) in [5, 5.41) is 0. The quantitative estimate of drug-likeness (QED) is 0.771. The second kappa shape index (κ2) is 4.77. The number of hydrogen-bond acceptors (Lipinski definition) is 3. The van der Waals surface area contributed by atoms with Crippen LogP contribution in [0.25, 0.3) is 5.57 Å². The lowest BCUT2D eigenvalue weighted by Crippen LogP contribution is -2.04. The molecule has 0 atom stereocenters. The number of allylic oxidation sites excluding steroid dienone is 1. The van der Waals surface area contributed by atoms with E-state index in [1.54, 1.807) is 0 Å². The molecule has 4 heteroatoms. The summed E-state index contributed by atoms with van der Waals surface area (Å²) < 4.78 is 4.67. The first-order chi connectivity index (χ1) is 7.10. The number of H-pyrrole nitrogens is 1. The zero-order valence-corrected chi connectivity index (χ0v) is 9.39. The second-order valence-corrected chi connectivity index (χ2v) is 3.43. The molecule has 0 spiro atoms. The van der Waals surface area contributed by atoms with E-state index in [0.29, 0.717) is 11.4 Å². The molecule has 1 heterocycles. The van der Waals surface area contributed by atoms with Crippen LogP contribution in [0.2, 0.25) is 0 Å². The van der Waals surface area contributed by atoms with Crippen LogP contribution in [0.3, 0.4) is 0 Å². The lowest BCUT2D eigenvalue weighted by atomic mass is 10.2. The summed E-state index contributed by atoms with van der Waals surface area (Å²) in [6, 6.07) is 0. The number of aromatic amines is 1. The van der Waals surface area contributed by atoms with Gasteiger partial charge in [0.15, 0.2) is 5.69 Å². The van der Waals surface area contributed by atoms with E-state index in [1.807, 2.05) is 6.92 Å². The van der Waals surface area contributed by atoms with E-state index in [4.69, 9.17) is 0 Å². The van der Waals surface area contributed by atoms with Crippen LogP contribution in [-0.4, -0.2) is 23.0 Å². The topological polar surface area (TPSA) is 55.0 Å². The summed E-state index contributed by atoms with van der Waals surface area (Å²) in [6.45, 7) is 7.66. The van der Waals surface area contributed by atoms with Crippen molar-refractivity contribution in [1.29, 1.82) is 0 Å². The van der Waals surface area contributed by atoms with Gasteiger partial charge in [0.05, 0.1) is 12.8 Å². The van der Waals surface area contributed by atoms with E-state index < -0.39 is 5.97 Å². The number of nitrogens with one attached hydrogen (secondary N) is 1. The molecule has 0 radical (unpaired) electrons. The van der Waals surface area contributed by atoms with E-state index in [9.17, 15) is 4.79 Å². The standard InChI is InChI=1S/C11H16N2O2/c1-5-6-8-12-9(7(2)3)10(13-8)11(14)15-4/h2,5-6H2,1,3-4H3,(H,12,13). The molecule has 0 aliphatic carbocycles. The normalized spacial score (nSPS) is 10.1. The zero-order valence-electron chi connectivity index (χ0n) is 9.39. The van der Waals surface area contributed by atoms with Crippen molar-refractivity contribution < 1.29 is 9.53 Å². The van der Waals surface area contributed by atoms with Gasteiger partial charge in [0.1, 0.15) is 5.82 Å². The van der Waals surface area contributed by atoms with Crippen LogP contribution in [-0.2, 0) is 11.2 Å². The van der Waals surface area contributed by atoms with Crippen molar-refractivity contribution in [2.45, 2.75) is 26.7 Å². The van der Waals surface area contributed by atoms with Crippen molar-refractivity contribution in [3.05, 3.63) is 23.8 Å². The first kappa shape index (κ1) is 11.5. The first-order valence-electron chi connectivity index (χ1n) is 4.93. The number of aryl methyl sites for hydroxylation is 1. The van der Waals surface area contributed by atoms with Crippen LogP contribution >= 0.6 is 0 Å². The highest BCUT2D eigenvalue weighted by atomic mass is 16.5. The molecule has 0 saturated heterocycles. The Hall–Kier alpha value is -1.58. The van der Waals surface area contributed by atoms with Crippen molar-refractivity contribution >= 4 is 11.5 Å². The van der Waals surface area contributed by atoms with Crippen LogP contribution in [0.1, 0.15) is 42.3 Å². The number of imidazole rings is 1. The highest BCUT2D eigenvalue weighted by Gasteiger charge is 2.17. The van der Waals surface area contributed by atoms with Crippen molar-refractivity contribution in [2.75, 3.05) is 7.11 Å². The molecule has 0 amide bonds. The van der Waals surface area contributed by atoms with E-state index in [0.717, 1.165) is 24.2 Å². The maximum Gasteiger partial charge on any atom is 0.356 e. The van der Waals surface area contributed by atoms with Gasteiger partial charge in [-0.15, -0.1) is 0 Å². The summed E-state index contributed by atoms with van der Waals surface area (Å²) in [7, 11) is 1.35. The molecule has 0 aromatic carbocycles. The Balaban J connectivity index is 3.11. The molecule has 0 aliphatic rings. The van der Waals surface area contributed by atoms with E-state index >= 15 is 0 Å². The first-order valence-corrected chi connectivity index (χ1v) is 4.93. The van der Waals surface area contributed by atoms with Gasteiger partial charge >= 0.3 is 5.97 Å². The third kappa shape index (κ3) is 2.46. The van der Waals surface area contributed by atoms with Crippen molar-refractivity contribution in [2.24, 2.45) is 0 Å². The molecule has 0 unspecified atom stereocenters. The summed E-state index contributed by atoms with van der Waals surface area (Å²) >= 11 is 0. The smallest absolute Gasteiger partial charge is 0.356 e. The Morgan fingerprint density at radius 1 is 1.60 bits per heavy atom. The number of ether oxygens (including phenoxy) is 1. The fraction of sp³-hybridized carbons (Fsp3) is 0.455. The van der Waals surface area contributed by atoms with Crippen molar-refractivity contribution in [3.63, 3.8) is 0 Å². The highest BCUT2D eigenvalue weighted by molar-refractivity contribution is 5.92. The average molecular weight is 208 g/mol. The number of hydrogen-bond donors (Lipinski definition) is 1. The van der Waals surface area contributed by atoms with Crippen LogP contribution in [0.4, 0.5) is 0 Å². The highest BCUT2D eigenvalue weighted by Crippen LogP contribution is 2.16. The molecule has 1 aromatic heterocycles. The predicted octanol–water partition coefficient (Wildman–Crippen LogP) is 2.18. The summed E-state index contributed by atoms with van der Waals surface area (Å²) in [6.07, 6.45) is 1.79. The molecule has 0 saturated carbocycles. The molecule has 1 rings (SSSR count). The molecule has 4 nitrogen and oxygen atoms in total. The molecule has 1 aromatic rings. The summed E-state index contributed by atoms with van der Waals surface area (Å²) in [5.74, 6) is 0.402. The fourth-order valence-electron chi connectivity index (χ4n) is 1.34. The summed E-state index contributed by atoms with van der Waals surface area (Å²) in [4.78, 5) is 18.7. The Kier molecular flexibility index (Phi) is 3.66. The van der Waals surface area contributed by atoms with Crippen LogP contribution in [0.5, 0.6) is 0 Å². The molecular weight excluding hydrogens is 192 g/mol. The van der Waals surface area contributed by atoms with Crippen LogP contribution < -0.4 is 0 Å². The van der Waals surface area contributed by atoms with Gasteiger partial charge in [-0.25, -0.2) is 9.78 Å². The van der Waals surface area contributed by atoms with Gasteiger partial charge in [-0.1, -0.05) is 13.5 Å². The monoisotopic (exact) mass is 208 g/mol. The number of methoxy groups -OCH3 is 1. The van der Waals surface area contributed by atoms with E-state index in [-0.39, 0.29) is 0 Å². The largest absolute Gasteiger partial charge is 0.464 e. The van der Waals surface area contributed by atoms with Gasteiger partial charge in [0, 0.05) is 6.42 Å². The number of esters is 1. The Morgan fingerprint density at radius 2 is 2.27 bits per heavy atom. The summed E-state index contributed by atoms with van der Waals surface area (Å²) in [5.41, 5.74) is 1.76. The second-order valence-electron chi connectivity index (χ2n) is 3.43. The minimum atomic E-state index is -0.400. The molecule has 0 aliphatic heterocycles. The van der Waals surface area contributed by atoms with Gasteiger partial charge in [0.2, 0.25) is 0 Å². The number of nitrogens with zero attached hydrogens (tertiary/aromatic N) is 1. The molecular formula is C11H16N2O2. The number of carbonyl (C=O) groups is 1. The Bertz CT molecular complexity index is 380. The van der Waals surface area contributed by atoms with Gasteiger partial charge in [-0.3, -0.25) is 0 Å². The lowest BCUT2D eigenvalue weighted by molar-refractivity contribution is 0.0594. The lowest BCUT2D eigenvalue weighted by Gasteiger charge is -1.98.